The van der Waals surface area contributed by atoms with Gasteiger partial charge in [0.25, 0.3) is 0 Å². The normalized spacial score (nSPS) is 13.7. The molecule has 0 saturated heterocycles. The topological polar surface area (TPSA) is 54.9 Å². The van der Waals surface area contributed by atoms with Crippen LogP contribution in [0.2, 0.25) is 0 Å². The highest BCUT2D eigenvalue weighted by atomic mass is 127. The van der Waals surface area contributed by atoms with E-state index in [9.17, 15) is 4.39 Å². The molecule has 29 heavy (non-hydrogen) atoms. The number of nitrogens with one attached hydrogen (secondary N) is 2. The van der Waals surface area contributed by atoms with Gasteiger partial charge in [0.15, 0.2) is 17.5 Å². The summed E-state index contributed by atoms with van der Waals surface area (Å²) in [5, 5.41) is 6.59. The lowest BCUT2D eigenvalue weighted by molar-refractivity contribution is 0.357. The summed E-state index contributed by atoms with van der Waals surface area (Å²) in [4.78, 5) is 4.67. The quantitative estimate of drug-likeness (QED) is 0.331. The van der Waals surface area contributed by atoms with Gasteiger partial charge in [-0.1, -0.05) is 18.2 Å². The van der Waals surface area contributed by atoms with Crippen molar-refractivity contribution in [1.82, 2.24) is 10.6 Å². The van der Waals surface area contributed by atoms with Gasteiger partial charge in [-0.25, -0.2) is 4.39 Å². The first-order valence-corrected chi connectivity index (χ1v) is 9.73. The zero-order valence-corrected chi connectivity index (χ0v) is 19.5. The maximum Gasteiger partial charge on any atom is 0.191 e. The highest BCUT2D eigenvalue weighted by molar-refractivity contribution is 14.0. The number of hydrogen-bond donors (Lipinski definition) is 2. The largest absolute Gasteiger partial charge is 0.494 e. The van der Waals surface area contributed by atoms with Crippen molar-refractivity contribution in [2.75, 3.05) is 26.8 Å². The minimum Gasteiger partial charge on any atom is -0.494 e. The van der Waals surface area contributed by atoms with Crippen LogP contribution in [0.5, 0.6) is 11.5 Å². The van der Waals surface area contributed by atoms with Crippen LogP contribution in [0.1, 0.15) is 36.6 Å². The lowest BCUT2D eigenvalue weighted by Crippen LogP contribution is -2.38. The molecule has 3 rings (SSSR count). The van der Waals surface area contributed by atoms with Gasteiger partial charge in [-0.2, -0.15) is 0 Å². The van der Waals surface area contributed by atoms with E-state index < -0.39 is 0 Å². The molecule has 2 N–H and O–H groups in total. The molecule has 0 bridgehead atoms. The molecule has 0 aliphatic carbocycles. The first kappa shape index (κ1) is 23.3. The molecule has 2 aromatic rings. The number of guanidine groups is 1. The summed E-state index contributed by atoms with van der Waals surface area (Å²) < 4.78 is 24.5. The zero-order chi connectivity index (χ0) is 19.9. The van der Waals surface area contributed by atoms with Crippen molar-refractivity contribution in [3.8, 4) is 11.5 Å². The predicted molar refractivity (Wildman–Crippen MR) is 125 cm³/mol. The zero-order valence-electron chi connectivity index (χ0n) is 17.1. The molecule has 0 radical (unpaired) electrons. The standard InChI is InChI=1S/C22H28FN3O2.HI/c1-4-24-22(26-15(2)17-6-8-21(27-3)19(23)14-17)25-11-9-16-5-7-20-18(13-16)10-12-28-20;/h5-8,13-15H,4,9-12H2,1-3H3,(H2,24,25,26);1H. The van der Waals surface area contributed by atoms with Gasteiger partial charge in [-0.15, -0.1) is 24.0 Å². The second kappa shape index (κ2) is 11.2. The number of ether oxygens (including phenoxy) is 2. The second-order valence-corrected chi connectivity index (χ2v) is 6.81. The lowest BCUT2D eigenvalue weighted by atomic mass is 10.1. The first-order chi connectivity index (χ1) is 13.6. The van der Waals surface area contributed by atoms with E-state index in [0.717, 1.165) is 43.3 Å². The van der Waals surface area contributed by atoms with Gasteiger partial charge in [0.05, 0.1) is 19.8 Å². The average Bonchev–Trinajstić information content (AvgIpc) is 3.16. The molecule has 1 aliphatic heterocycles. The fourth-order valence-electron chi connectivity index (χ4n) is 3.25. The molecule has 0 amide bonds. The molecule has 1 atom stereocenters. The molecule has 1 unspecified atom stereocenters. The SMILES string of the molecule is CCNC(=NCCc1ccc2c(c1)CCO2)NC(C)c1ccc(OC)c(F)c1.I. The van der Waals surface area contributed by atoms with Crippen molar-refractivity contribution in [2.24, 2.45) is 4.99 Å². The minimum atomic E-state index is -0.365. The Morgan fingerprint density at radius 3 is 2.83 bits per heavy atom. The van der Waals surface area contributed by atoms with Crippen LogP contribution in [-0.2, 0) is 12.8 Å². The number of fused-ring (bicyclic) bond motifs is 1. The van der Waals surface area contributed by atoms with E-state index in [1.807, 2.05) is 26.0 Å². The van der Waals surface area contributed by atoms with Gasteiger partial charge in [-0.3, -0.25) is 4.99 Å². The van der Waals surface area contributed by atoms with Crippen LogP contribution >= 0.6 is 24.0 Å². The fraction of sp³-hybridized carbons (Fsp3) is 0.409. The summed E-state index contributed by atoms with van der Waals surface area (Å²) in [5.41, 5.74) is 3.37. The van der Waals surface area contributed by atoms with E-state index >= 15 is 0 Å². The summed E-state index contributed by atoms with van der Waals surface area (Å²) in [6.45, 7) is 6.20. The molecule has 1 aliphatic rings. The van der Waals surface area contributed by atoms with Gasteiger partial charge in [-0.05, 0) is 55.2 Å². The Kier molecular flexibility index (Phi) is 9.00. The number of aliphatic imine (C=N–C) groups is 1. The number of hydrogen-bond acceptors (Lipinski definition) is 3. The van der Waals surface area contributed by atoms with Crippen molar-refractivity contribution in [3.05, 3.63) is 58.9 Å². The van der Waals surface area contributed by atoms with Crippen LogP contribution < -0.4 is 20.1 Å². The first-order valence-electron chi connectivity index (χ1n) is 9.73. The summed E-state index contributed by atoms with van der Waals surface area (Å²) in [7, 11) is 1.46. The van der Waals surface area contributed by atoms with Crippen LogP contribution in [0.15, 0.2) is 41.4 Å². The third-order valence-electron chi connectivity index (χ3n) is 4.80. The van der Waals surface area contributed by atoms with Crippen molar-refractivity contribution >= 4 is 29.9 Å². The third-order valence-corrected chi connectivity index (χ3v) is 4.80. The number of nitrogens with zero attached hydrogens (tertiary/aromatic N) is 1. The lowest BCUT2D eigenvalue weighted by Gasteiger charge is -2.18. The van der Waals surface area contributed by atoms with Crippen molar-refractivity contribution in [2.45, 2.75) is 32.7 Å². The highest BCUT2D eigenvalue weighted by Crippen LogP contribution is 2.26. The third kappa shape index (κ3) is 6.22. The molecular weight excluding hydrogens is 484 g/mol. The Balaban J connectivity index is 0.00000300. The Labute approximate surface area is 189 Å². The van der Waals surface area contributed by atoms with Crippen LogP contribution in [0.4, 0.5) is 4.39 Å². The van der Waals surface area contributed by atoms with Gasteiger partial charge in [0, 0.05) is 19.5 Å². The molecule has 0 saturated carbocycles. The molecular formula is C22H29FIN3O2. The average molecular weight is 513 g/mol. The van der Waals surface area contributed by atoms with Crippen LogP contribution in [-0.4, -0.2) is 32.8 Å². The fourth-order valence-corrected chi connectivity index (χ4v) is 3.25. The minimum absolute atomic E-state index is 0. The van der Waals surface area contributed by atoms with E-state index in [-0.39, 0.29) is 41.6 Å². The van der Waals surface area contributed by atoms with Crippen LogP contribution in [0, 0.1) is 5.82 Å². The monoisotopic (exact) mass is 513 g/mol. The van der Waals surface area contributed by atoms with Crippen LogP contribution in [0.3, 0.4) is 0 Å². The Morgan fingerprint density at radius 1 is 1.28 bits per heavy atom. The molecule has 2 aromatic carbocycles. The number of benzene rings is 2. The van der Waals surface area contributed by atoms with Gasteiger partial charge < -0.3 is 20.1 Å². The molecule has 0 fully saturated rings. The van der Waals surface area contributed by atoms with Crippen LogP contribution in [0.25, 0.3) is 0 Å². The van der Waals surface area contributed by atoms with E-state index in [0.29, 0.717) is 6.54 Å². The molecule has 0 spiro atoms. The van der Waals surface area contributed by atoms with Crippen molar-refractivity contribution in [3.63, 3.8) is 0 Å². The smallest absolute Gasteiger partial charge is 0.191 e. The second-order valence-electron chi connectivity index (χ2n) is 6.81. The maximum atomic E-state index is 14.0. The predicted octanol–water partition coefficient (Wildman–Crippen LogP) is 4.25. The molecule has 1 heterocycles. The van der Waals surface area contributed by atoms with E-state index in [1.54, 1.807) is 6.07 Å². The molecule has 7 heteroatoms. The summed E-state index contributed by atoms with van der Waals surface area (Å²) in [6.07, 6.45) is 1.84. The molecule has 158 valence electrons. The maximum absolute atomic E-state index is 14.0. The van der Waals surface area contributed by atoms with Gasteiger partial charge >= 0.3 is 0 Å². The number of rotatable bonds is 7. The van der Waals surface area contributed by atoms with E-state index in [2.05, 4.69) is 27.8 Å². The van der Waals surface area contributed by atoms with E-state index in [1.165, 1.54) is 24.3 Å². The molecule has 5 nitrogen and oxygen atoms in total. The number of halogens is 2. The number of methoxy groups -OCH3 is 1. The van der Waals surface area contributed by atoms with Crippen molar-refractivity contribution < 1.29 is 13.9 Å². The molecule has 0 aromatic heterocycles. The van der Waals surface area contributed by atoms with Gasteiger partial charge in [0.2, 0.25) is 0 Å². The summed E-state index contributed by atoms with van der Waals surface area (Å²) in [5.74, 6) is 1.60. The highest BCUT2D eigenvalue weighted by Gasteiger charge is 2.13. The van der Waals surface area contributed by atoms with Crippen molar-refractivity contribution in [1.29, 1.82) is 0 Å². The van der Waals surface area contributed by atoms with Gasteiger partial charge in [0.1, 0.15) is 5.75 Å². The summed E-state index contributed by atoms with van der Waals surface area (Å²) in [6, 6.07) is 11.3. The van der Waals surface area contributed by atoms with E-state index in [4.69, 9.17) is 9.47 Å². The Hall–Kier alpha value is -2.03. The Bertz CT molecular complexity index is 845. The Morgan fingerprint density at radius 2 is 2.10 bits per heavy atom. The summed E-state index contributed by atoms with van der Waals surface area (Å²) >= 11 is 0.